The van der Waals surface area contributed by atoms with Crippen molar-refractivity contribution in [3.8, 4) is 5.69 Å². The van der Waals surface area contributed by atoms with Gasteiger partial charge in [0.15, 0.2) is 5.69 Å². The molecular weight excluding hydrogens is 322 g/mol. The maximum atomic E-state index is 12.6. The van der Waals surface area contributed by atoms with Crippen molar-refractivity contribution in [2.24, 2.45) is 11.7 Å². The molecule has 1 unspecified atom stereocenters. The molecule has 132 valence electrons. The lowest BCUT2D eigenvalue weighted by molar-refractivity contribution is -0.384. The Bertz CT molecular complexity index is 761. The number of aromatic nitrogens is 2. The average molecular weight is 343 g/mol. The average Bonchev–Trinajstić information content (AvgIpc) is 3.11. The van der Waals surface area contributed by atoms with Crippen molar-refractivity contribution in [2.45, 2.75) is 25.8 Å². The summed E-state index contributed by atoms with van der Waals surface area (Å²) in [6.45, 7) is 3.39. The number of benzene rings is 1. The van der Waals surface area contributed by atoms with Crippen LogP contribution in [0.25, 0.3) is 5.69 Å². The van der Waals surface area contributed by atoms with Crippen molar-refractivity contribution < 1.29 is 9.72 Å². The molecule has 0 aliphatic carbocycles. The number of nitrogens with two attached hydrogens (primary N) is 1. The number of nitro benzene ring substituents is 1. The van der Waals surface area contributed by atoms with Gasteiger partial charge >= 0.3 is 0 Å². The molecule has 3 rings (SSSR count). The molecule has 2 N–H and O–H groups in total. The highest BCUT2D eigenvalue weighted by Gasteiger charge is 2.26. The number of rotatable bonds is 4. The third-order valence-electron chi connectivity index (χ3n) is 4.70. The first-order valence-corrected chi connectivity index (χ1v) is 8.31. The van der Waals surface area contributed by atoms with Crippen molar-refractivity contribution >= 4 is 11.6 Å². The molecule has 1 aliphatic rings. The lowest BCUT2D eigenvalue weighted by Crippen LogP contribution is -2.42. The fourth-order valence-corrected chi connectivity index (χ4v) is 3.10. The van der Waals surface area contributed by atoms with Crippen LogP contribution >= 0.6 is 0 Å². The minimum Gasteiger partial charge on any atom is -0.337 e. The van der Waals surface area contributed by atoms with Crippen LogP contribution in [0.4, 0.5) is 5.69 Å². The van der Waals surface area contributed by atoms with E-state index < -0.39 is 4.92 Å². The Morgan fingerprint density at radius 3 is 2.48 bits per heavy atom. The van der Waals surface area contributed by atoms with Gasteiger partial charge < -0.3 is 10.6 Å². The molecule has 8 nitrogen and oxygen atoms in total. The van der Waals surface area contributed by atoms with E-state index in [1.165, 1.54) is 12.1 Å². The van der Waals surface area contributed by atoms with Crippen molar-refractivity contribution in [2.75, 3.05) is 13.1 Å². The molecule has 25 heavy (non-hydrogen) atoms. The third-order valence-corrected chi connectivity index (χ3v) is 4.70. The zero-order valence-corrected chi connectivity index (χ0v) is 14.0. The van der Waals surface area contributed by atoms with Gasteiger partial charge in [-0.2, -0.15) is 5.10 Å². The van der Waals surface area contributed by atoms with Crippen LogP contribution in [-0.4, -0.2) is 44.6 Å². The van der Waals surface area contributed by atoms with Gasteiger partial charge in [-0.25, -0.2) is 4.68 Å². The Morgan fingerprint density at radius 2 is 1.92 bits per heavy atom. The molecule has 2 heterocycles. The first-order valence-electron chi connectivity index (χ1n) is 8.31. The molecule has 2 aromatic rings. The van der Waals surface area contributed by atoms with E-state index in [-0.39, 0.29) is 17.6 Å². The summed E-state index contributed by atoms with van der Waals surface area (Å²) in [7, 11) is 0. The van der Waals surface area contributed by atoms with Crippen molar-refractivity contribution in [3.63, 3.8) is 0 Å². The van der Waals surface area contributed by atoms with Crippen LogP contribution < -0.4 is 5.73 Å². The first-order chi connectivity index (χ1) is 12.0. The minimum atomic E-state index is -0.451. The number of hydrogen-bond acceptors (Lipinski definition) is 5. The summed E-state index contributed by atoms with van der Waals surface area (Å²) in [6.07, 6.45) is 3.50. The van der Waals surface area contributed by atoms with Crippen LogP contribution in [0.15, 0.2) is 36.5 Å². The maximum Gasteiger partial charge on any atom is 0.274 e. The Balaban J connectivity index is 1.69. The summed E-state index contributed by atoms with van der Waals surface area (Å²) >= 11 is 0. The summed E-state index contributed by atoms with van der Waals surface area (Å²) in [5.74, 6) is 0.366. The van der Waals surface area contributed by atoms with Crippen molar-refractivity contribution in [1.29, 1.82) is 0 Å². The molecule has 0 saturated carbocycles. The molecule has 1 aliphatic heterocycles. The van der Waals surface area contributed by atoms with Gasteiger partial charge in [0.05, 0.1) is 10.6 Å². The topological polar surface area (TPSA) is 107 Å². The highest BCUT2D eigenvalue weighted by Crippen LogP contribution is 2.21. The van der Waals surface area contributed by atoms with Crippen LogP contribution in [-0.2, 0) is 0 Å². The number of non-ortho nitro benzene ring substituents is 1. The number of carbonyl (C=O) groups is 1. The number of hydrogen-bond donors (Lipinski definition) is 1. The fraction of sp³-hybridized carbons (Fsp3) is 0.412. The number of likely N-dealkylation sites (tertiary alicyclic amines) is 1. The molecule has 8 heteroatoms. The molecule has 1 amide bonds. The van der Waals surface area contributed by atoms with Gasteiger partial charge in [0.1, 0.15) is 0 Å². The number of amides is 1. The largest absolute Gasteiger partial charge is 0.337 e. The standard InChI is InChI=1S/C17H21N5O3/c1-12(18)13-6-9-20(10-7-13)17(23)16-8-11-21(19-16)14-2-4-15(5-3-14)22(24)25/h2-5,8,11-13H,6-7,9-10,18H2,1H3. The summed E-state index contributed by atoms with van der Waals surface area (Å²) in [4.78, 5) is 24.7. The smallest absolute Gasteiger partial charge is 0.274 e. The molecule has 1 aromatic carbocycles. The Hall–Kier alpha value is -2.74. The predicted molar refractivity (Wildman–Crippen MR) is 92.5 cm³/mol. The molecule has 1 atom stereocenters. The van der Waals surface area contributed by atoms with E-state index in [0.29, 0.717) is 30.4 Å². The van der Waals surface area contributed by atoms with E-state index in [9.17, 15) is 14.9 Å². The Morgan fingerprint density at radius 1 is 1.28 bits per heavy atom. The first kappa shape index (κ1) is 17.1. The highest BCUT2D eigenvalue weighted by atomic mass is 16.6. The molecule has 1 aromatic heterocycles. The van der Waals surface area contributed by atoms with Gasteiger partial charge in [-0.15, -0.1) is 0 Å². The molecule has 0 spiro atoms. The van der Waals surface area contributed by atoms with E-state index in [1.807, 2.05) is 6.92 Å². The second-order valence-corrected chi connectivity index (χ2v) is 6.41. The van der Waals surface area contributed by atoms with Gasteiger partial charge in [-0.05, 0) is 43.9 Å². The van der Waals surface area contributed by atoms with Crippen LogP contribution in [0, 0.1) is 16.0 Å². The highest BCUT2D eigenvalue weighted by molar-refractivity contribution is 5.92. The number of piperidine rings is 1. The van der Waals surface area contributed by atoms with E-state index >= 15 is 0 Å². The summed E-state index contributed by atoms with van der Waals surface area (Å²) in [5, 5.41) is 15.0. The monoisotopic (exact) mass is 343 g/mol. The molecule has 1 saturated heterocycles. The normalized spacial score (nSPS) is 16.6. The summed E-state index contributed by atoms with van der Waals surface area (Å²) in [6, 6.07) is 7.86. The van der Waals surface area contributed by atoms with Crippen LogP contribution in [0.2, 0.25) is 0 Å². The predicted octanol–water partition coefficient (Wildman–Crippen LogP) is 1.98. The Labute approximate surface area is 145 Å². The number of carbonyl (C=O) groups excluding carboxylic acids is 1. The molecule has 0 radical (unpaired) electrons. The quantitative estimate of drug-likeness (QED) is 0.674. The van der Waals surface area contributed by atoms with E-state index in [0.717, 1.165) is 12.8 Å². The Kier molecular flexibility index (Phi) is 4.80. The maximum absolute atomic E-state index is 12.6. The van der Waals surface area contributed by atoms with Gasteiger partial charge in [-0.3, -0.25) is 14.9 Å². The SMILES string of the molecule is CC(N)C1CCN(C(=O)c2ccn(-c3ccc([N+](=O)[O-])cc3)n2)CC1. The van der Waals surface area contributed by atoms with Gasteiger partial charge in [-0.1, -0.05) is 0 Å². The fourth-order valence-electron chi connectivity index (χ4n) is 3.10. The van der Waals surface area contributed by atoms with Crippen LogP contribution in [0.1, 0.15) is 30.3 Å². The third kappa shape index (κ3) is 3.69. The second-order valence-electron chi connectivity index (χ2n) is 6.41. The van der Waals surface area contributed by atoms with Crippen molar-refractivity contribution in [3.05, 3.63) is 52.3 Å². The van der Waals surface area contributed by atoms with E-state index in [1.54, 1.807) is 34.0 Å². The molecular formula is C17H21N5O3. The molecule has 1 fully saturated rings. The summed E-state index contributed by atoms with van der Waals surface area (Å²) < 4.78 is 1.55. The van der Waals surface area contributed by atoms with E-state index in [4.69, 9.17) is 5.73 Å². The van der Waals surface area contributed by atoms with Crippen LogP contribution in [0.3, 0.4) is 0 Å². The minimum absolute atomic E-state index is 0.0178. The summed E-state index contributed by atoms with van der Waals surface area (Å²) in [5.41, 5.74) is 6.99. The van der Waals surface area contributed by atoms with E-state index in [2.05, 4.69) is 5.10 Å². The second kappa shape index (κ2) is 7.02. The van der Waals surface area contributed by atoms with Gasteiger partial charge in [0, 0.05) is 37.5 Å². The number of nitrogens with zero attached hydrogens (tertiary/aromatic N) is 4. The van der Waals surface area contributed by atoms with Gasteiger partial charge in [0.25, 0.3) is 11.6 Å². The zero-order chi connectivity index (χ0) is 18.0. The zero-order valence-electron chi connectivity index (χ0n) is 14.0. The van der Waals surface area contributed by atoms with Crippen LogP contribution in [0.5, 0.6) is 0 Å². The molecule has 0 bridgehead atoms. The lowest BCUT2D eigenvalue weighted by Gasteiger charge is -2.33. The number of nitro groups is 1. The van der Waals surface area contributed by atoms with Crippen molar-refractivity contribution in [1.82, 2.24) is 14.7 Å². The van der Waals surface area contributed by atoms with Gasteiger partial charge in [0.2, 0.25) is 0 Å². The lowest BCUT2D eigenvalue weighted by atomic mass is 9.91.